The minimum atomic E-state index is -0.847. The fraction of sp³-hybridized carbons (Fsp3) is 0.571. The smallest absolute Gasteiger partial charge is 0.307 e. The van der Waals surface area contributed by atoms with Gasteiger partial charge in [0.2, 0.25) is 0 Å². The third kappa shape index (κ3) is 1.70. The van der Waals surface area contributed by atoms with Crippen LogP contribution in [0.25, 0.3) is 0 Å². The van der Waals surface area contributed by atoms with Gasteiger partial charge in [0.05, 0.1) is 11.0 Å². The van der Waals surface area contributed by atoms with Crippen molar-refractivity contribution < 1.29 is 9.90 Å². The third-order valence-corrected chi connectivity index (χ3v) is 3.18. The van der Waals surface area contributed by atoms with Crippen LogP contribution in [0.4, 0.5) is 0 Å². The van der Waals surface area contributed by atoms with E-state index in [4.69, 9.17) is 39.9 Å². The fourth-order valence-corrected chi connectivity index (χ4v) is 1.94. The maximum atomic E-state index is 10.5. The number of hydrogen-bond acceptors (Lipinski definition) is 1. The van der Waals surface area contributed by atoms with E-state index < -0.39 is 11.9 Å². The molecular formula is C7H7Cl3O2. The molecule has 1 aliphatic carbocycles. The Kier molecular flexibility index (Phi) is 2.92. The Morgan fingerprint density at radius 2 is 1.75 bits per heavy atom. The summed E-state index contributed by atoms with van der Waals surface area (Å²) < 4.78 is -0.0303. The molecule has 0 aromatic rings. The van der Waals surface area contributed by atoms with Crippen molar-refractivity contribution in [3.05, 3.63) is 9.52 Å². The molecule has 0 amide bonds. The van der Waals surface area contributed by atoms with Gasteiger partial charge in [-0.15, -0.1) is 0 Å². The Labute approximate surface area is 85.1 Å². The van der Waals surface area contributed by atoms with E-state index in [1.54, 1.807) is 0 Å². The van der Waals surface area contributed by atoms with Crippen LogP contribution in [0.15, 0.2) is 9.52 Å². The van der Waals surface area contributed by atoms with E-state index in [1.165, 1.54) is 0 Å². The van der Waals surface area contributed by atoms with Crippen molar-refractivity contribution in [3.8, 4) is 0 Å². The maximum absolute atomic E-state index is 10.5. The minimum absolute atomic E-state index is 0.0301. The van der Waals surface area contributed by atoms with Crippen LogP contribution in [0.2, 0.25) is 0 Å². The van der Waals surface area contributed by atoms with Gasteiger partial charge in [0.25, 0.3) is 0 Å². The van der Waals surface area contributed by atoms with E-state index in [0.717, 1.165) is 0 Å². The molecule has 0 spiro atoms. The maximum Gasteiger partial charge on any atom is 0.307 e. The van der Waals surface area contributed by atoms with Crippen molar-refractivity contribution in [3.63, 3.8) is 0 Å². The molecule has 0 bridgehead atoms. The average Bonchev–Trinajstić information content (AvgIpc) is 2.59. The summed E-state index contributed by atoms with van der Waals surface area (Å²) in [6.07, 6.45) is 0. The SMILES string of the molecule is CC1C(C(=O)O)C1C(Cl)=C(Cl)Cl. The lowest BCUT2D eigenvalue weighted by molar-refractivity contribution is -0.139. The zero-order valence-electron chi connectivity index (χ0n) is 6.22. The lowest BCUT2D eigenvalue weighted by Crippen LogP contribution is -2.00. The van der Waals surface area contributed by atoms with Crippen molar-refractivity contribution in [1.82, 2.24) is 0 Å². The second-order valence-corrected chi connectivity index (χ2v) is 4.21. The van der Waals surface area contributed by atoms with Gasteiger partial charge in [0.1, 0.15) is 4.49 Å². The van der Waals surface area contributed by atoms with Crippen LogP contribution in [0, 0.1) is 17.8 Å². The Bertz CT molecular complexity index is 245. The van der Waals surface area contributed by atoms with E-state index in [1.807, 2.05) is 6.92 Å². The standard InChI is InChI=1S/C7H7Cl3O2/c1-2-3(4(2)7(11)12)5(8)6(9)10/h2-4H,1H3,(H,11,12). The molecule has 1 aliphatic rings. The van der Waals surface area contributed by atoms with Gasteiger partial charge in [-0.2, -0.15) is 0 Å². The van der Waals surface area contributed by atoms with Crippen molar-refractivity contribution in [1.29, 1.82) is 0 Å². The zero-order chi connectivity index (χ0) is 9.46. The van der Waals surface area contributed by atoms with E-state index in [9.17, 15) is 4.79 Å². The Morgan fingerprint density at radius 3 is 2.00 bits per heavy atom. The monoisotopic (exact) mass is 228 g/mol. The lowest BCUT2D eigenvalue weighted by atomic mass is 10.3. The quantitative estimate of drug-likeness (QED) is 0.790. The molecule has 0 aliphatic heterocycles. The molecule has 1 saturated carbocycles. The average molecular weight is 229 g/mol. The fourth-order valence-electron chi connectivity index (χ4n) is 1.36. The van der Waals surface area contributed by atoms with Gasteiger partial charge < -0.3 is 5.11 Å². The topological polar surface area (TPSA) is 37.3 Å². The number of hydrogen-bond donors (Lipinski definition) is 1. The van der Waals surface area contributed by atoms with Crippen molar-refractivity contribution >= 4 is 40.8 Å². The molecule has 68 valence electrons. The summed E-state index contributed by atoms with van der Waals surface area (Å²) in [6, 6.07) is 0. The summed E-state index contributed by atoms with van der Waals surface area (Å²) in [7, 11) is 0. The van der Waals surface area contributed by atoms with Crippen LogP contribution < -0.4 is 0 Å². The van der Waals surface area contributed by atoms with Crippen LogP contribution in [0.3, 0.4) is 0 Å². The van der Waals surface area contributed by atoms with Gasteiger partial charge in [-0.25, -0.2) is 0 Å². The first-order valence-corrected chi connectivity index (χ1v) is 4.53. The minimum Gasteiger partial charge on any atom is -0.481 e. The molecular weight excluding hydrogens is 222 g/mol. The Morgan fingerprint density at radius 1 is 1.25 bits per heavy atom. The van der Waals surface area contributed by atoms with Gasteiger partial charge >= 0.3 is 5.97 Å². The van der Waals surface area contributed by atoms with E-state index in [2.05, 4.69) is 0 Å². The normalized spacial score (nSPS) is 32.8. The van der Waals surface area contributed by atoms with Crippen molar-refractivity contribution in [2.45, 2.75) is 6.92 Å². The molecule has 3 atom stereocenters. The highest BCUT2D eigenvalue weighted by atomic mass is 35.5. The Balaban J connectivity index is 2.72. The van der Waals surface area contributed by atoms with Gasteiger partial charge in [-0.1, -0.05) is 41.7 Å². The molecule has 1 fully saturated rings. The summed E-state index contributed by atoms with van der Waals surface area (Å²) in [6.45, 7) is 1.81. The number of rotatable bonds is 2. The van der Waals surface area contributed by atoms with Crippen LogP contribution in [0.1, 0.15) is 6.92 Å². The molecule has 3 unspecified atom stereocenters. The second-order valence-electron chi connectivity index (χ2n) is 2.86. The van der Waals surface area contributed by atoms with E-state index >= 15 is 0 Å². The van der Waals surface area contributed by atoms with Crippen LogP contribution in [0.5, 0.6) is 0 Å². The van der Waals surface area contributed by atoms with Crippen LogP contribution in [-0.2, 0) is 4.79 Å². The molecule has 0 saturated heterocycles. The molecule has 2 nitrogen and oxygen atoms in total. The molecule has 5 heteroatoms. The number of allylic oxidation sites excluding steroid dienone is 1. The van der Waals surface area contributed by atoms with Crippen molar-refractivity contribution in [2.24, 2.45) is 17.8 Å². The second kappa shape index (κ2) is 3.44. The summed E-state index contributed by atoms with van der Waals surface area (Å²) in [5, 5.41) is 8.92. The summed E-state index contributed by atoms with van der Waals surface area (Å²) in [4.78, 5) is 10.5. The van der Waals surface area contributed by atoms with E-state index in [-0.39, 0.29) is 21.4 Å². The number of halogens is 3. The largest absolute Gasteiger partial charge is 0.481 e. The first-order valence-electron chi connectivity index (χ1n) is 3.40. The summed E-state index contributed by atoms with van der Waals surface area (Å²) in [5.41, 5.74) is 0. The number of carbonyl (C=O) groups is 1. The number of aliphatic carboxylic acids is 1. The predicted octanol–water partition coefficient (Wildman–Crippen LogP) is 2.84. The summed E-state index contributed by atoms with van der Waals surface area (Å²) in [5.74, 6) is -1.44. The van der Waals surface area contributed by atoms with Gasteiger partial charge in [-0.3, -0.25) is 4.79 Å². The van der Waals surface area contributed by atoms with Crippen molar-refractivity contribution in [2.75, 3.05) is 0 Å². The zero-order valence-corrected chi connectivity index (χ0v) is 8.49. The third-order valence-electron chi connectivity index (χ3n) is 2.14. The highest BCUT2D eigenvalue weighted by Gasteiger charge is 2.54. The first kappa shape index (κ1) is 10.2. The highest BCUT2D eigenvalue weighted by Crippen LogP contribution is 2.53. The first-order chi connectivity index (χ1) is 5.46. The predicted molar refractivity (Wildman–Crippen MR) is 48.4 cm³/mol. The van der Waals surface area contributed by atoms with E-state index in [0.29, 0.717) is 0 Å². The van der Waals surface area contributed by atoms with Crippen LogP contribution in [-0.4, -0.2) is 11.1 Å². The molecule has 0 aromatic carbocycles. The van der Waals surface area contributed by atoms with Crippen LogP contribution >= 0.6 is 34.8 Å². The molecule has 1 rings (SSSR count). The molecule has 0 radical (unpaired) electrons. The highest BCUT2D eigenvalue weighted by molar-refractivity contribution is 6.59. The lowest BCUT2D eigenvalue weighted by Gasteiger charge is -1.93. The molecule has 12 heavy (non-hydrogen) atoms. The van der Waals surface area contributed by atoms with Gasteiger partial charge in [-0.05, 0) is 5.92 Å². The molecule has 0 heterocycles. The molecule has 0 aromatic heterocycles. The van der Waals surface area contributed by atoms with Gasteiger partial charge in [0, 0.05) is 5.92 Å². The summed E-state index contributed by atoms with van der Waals surface area (Å²) >= 11 is 16.5. The number of carboxylic acid groups (broad SMARTS) is 1. The van der Waals surface area contributed by atoms with Gasteiger partial charge in [0.15, 0.2) is 0 Å². The Hall–Kier alpha value is 0.0800. The number of carboxylic acids is 1. The molecule has 1 N–H and O–H groups in total.